The van der Waals surface area contributed by atoms with E-state index in [2.05, 4.69) is 16.6 Å². The molecule has 0 aliphatic heterocycles. The van der Waals surface area contributed by atoms with Gasteiger partial charge in [-0.25, -0.2) is 0 Å². The van der Waals surface area contributed by atoms with Crippen LogP contribution in [-0.4, -0.2) is 24.7 Å². The first-order valence-corrected chi connectivity index (χ1v) is 6.82. The molecule has 2 aromatic rings. The van der Waals surface area contributed by atoms with Crippen LogP contribution in [0.5, 0.6) is 5.75 Å². The van der Waals surface area contributed by atoms with E-state index in [1.807, 2.05) is 24.3 Å². The minimum atomic E-state index is -0.201. The van der Waals surface area contributed by atoms with Crippen molar-refractivity contribution in [3.63, 3.8) is 0 Å². The lowest BCUT2D eigenvalue weighted by Crippen LogP contribution is -2.03. The Hall–Kier alpha value is -2.10. The van der Waals surface area contributed by atoms with Gasteiger partial charge in [0, 0.05) is 18.0 Å². The summed E-state index contributed by atoms with van der Waals surface area (Å²) in [6, 6.07) is 7.83. The third kappa shape index (κ3) is 3.26. The second-order valence-corrected chi connectivity index (χ2v) is 4.55. The molecular formula is C16H19NO3. The molecule has 4 heteroatoms. The molecule has 1 heterocycles. The second kappa shape index (κ2) is 6.89. The van der Waals surface area contributed by atoms with E-state index >= 15 is 0 Å². The van der Waals surface area contributed by atoms with Crippen LogP contribution in [0.3, 0.4) is 0 Å². The molecule has 106 valence electrons. The number of hydrogen-bond donors (Lipinski definition) is 0. The Morgan fingerprint density at radius 1 is 1.30 bits per heavy atom. The van der Waals surface area contributed by atoms with E-state index in [1.165, 1.54) is 7.11 Å². The zero-order valence-corrected chi connectivity index (χ0v) is 11.9. The number of nitrogens with zero attached hydrogens (tertiary/aromatic N) is 1. The zero-order valence-electron chi connectivity index (χ0n) is 11.9. The summed E-state index contributed by atoms with van der Waals surface area (Å²) in [5, 5.41) is 1.03. The lowest BCUT2D eigenvalue weighted by Gasteiger charge is -2.11. The summed E-state index contributed by atoms with van der Waals surface area (Å²) in [5.74, 6) is 0.595. The Labute approximate surface area is 118 Å². The van der Waals surface area contributed by atoms with Gasteiger partial charge in [0.2, 0.25) is 0 Å². The number of carbonyl (C=O) groups is 1. The molecule has 0 bridgehead atoms. The van der Waals surface area contributed by atoms with Gasteiger partial charge in [-0.3, -0.25) is 9.78 Å². The molecule has 0 N–H and O–H groups in total. The monoisotopic (exact) mass is 273 g/mol. The molecule has 0 unspecified atom stereocenters. The molecule has 0 saturated heterocycles. The van der Waals surface area contributed by atoms with Crippen molar-refractivity contribution in [1.82, 2.24) is 4.98 Å². The van der Waals surface area contributed by atoms with Crippen molar-refractivity contribution in [2.24, 2.45) is 0 Å². The fourth-order valence-electron chi connectivity index (χ4n) is 2.09. The molecule has 20 heavy (non-hydrogen) atoms. The molecule has 1 aromatic heterocycles. The maximum atomic E-state index is 11.3. The highest BCUT2D eigenvalue weighted by atomic mass is 16.5. The fraction of sp³-hybridized carbons (Fsp3) is 0.375. The first-order valence-electron chi connectivity index (χ1n) is 6.82. The minimum Gasteiger partial charge on any atom is -0.491 e. The van der Waals surface area contributed by atoms with Crippen LogP contribution in [-0.2, 0) is 16.0 Å². The van der Waals surface area contributed by atoms with E-state index in [1.54, 1.807) is 6.20 Å². The van der Waals surface area contributed by atoms with Gasteiger partial charge in [0.25, 0.3) is 0 Å². The molecule has 0 spiro atoms. The van der Waals surface area contributed by atoms with E-state index in [4.69, 9.17) is 4.74 Å². The van der Waals surface area contributed by atoms with E-state index < -0.39 is 0 Å². The third-order valence-electron chi connectivity index (χ3n) is 3.11. The average Bonchev–Trinajstić information content (AvgIpc) is 2.50. The molecule has 1 aromatic carbocycles. The van der Waals surface area contributed by atoms with Crippen molar-refractivity contribution in [2.45, 2.75) is 26.2 Å². The minimum absolute atomic E-state index is 0.201. The van der Waals surface area contributed by atoms with Gasteiger partial charge in [-0.15, -0.1) is 0 Å². The normalized spacial score (nSPS) is 10.5. The van der Waals surface area contributed by atoms with Gasteiger partial charge in [0.15, 0.2) is 0 Å². The summed E-state index contributed by atoms with van der Waals surface area (Å²) in [7, 11) is 1.41. The predicted molar refractivity (Wildman–Crippen MR) is 77.9 cm³/mol. The number of benzene rings is 1. The molecule has 0 saturated carbocycles. The summed E-state index contributed by atoms with van der Waals surface area (Å²) < 4.78 is 10.4. The van der Waals surface area contributed by atoms with Crippen LogP contribution in [0.2, 0.25) is 0 Å². The topological polar surface area (TPSA) is 48.4 Å². The molecule has 2 rings (SSSR count). The summed E-state index contributed by atoms with van der Waals surface area (Å²) >= 11 is 0. The smallest absolute Gasteiger partial charge is 0.305 e. The van der Waals surface area contributed by atoms with E-state index in [-0.39, 0.29) is 5.97 Å². The summed E-state index contributed by atoms with van der Waals surface area (Å²) in [4.78, 5) is 15.7. The highest BCUT2D eigenvalue weighted by Gasteiger charge is 2.09. The quantitative estimate of drug-likeness (QED) is 0.759. The van der Waals surface area contributed by atoms with Gasteiger partial charge in [0.05, 0.1) is 13.7 Å². The van der Waals surface area contributed by atoms with Crippen molar-refractivity contribution in [3.05, 3.63) is 36.0 Å². The van der Waals surface area contributed by atoms with E-state index in [9.17, 15) is 4.79 Å². The number of hydrogen-bond acceptors (Lipinski definition) is 4. The number of aromatic nitrogens is 1. The van der Waals surface area contributed by atoms with Gasteiger partial charge in [-0.05, 0) is 30.5 Å². The first kappa shape index (κ1) is 14.3. The van der Waals surface area contributed by atoms with Crippen LogP contribution in [0.1, 0.15) is 25.3 Å². The number of pyridine rings is 1. The van der Waals surface area contributed by atoms with Crippen LogP contribution in [0.15, 0.2) is 30.5 Å². The molecule has 0 amide bonds. The van der Waals surface area contributed by atoms with Crippen LogP contribution >= 0.6 is 0 Å². The molecule has 0 aliphatic carbocycles. The molecule has 4 nitrogen and oxygen atoms in total. The Bertz CT molecular complexity index is 595. The van der Waals surface area contributed by atoms with Crippen LogP contribution < -0.4 is 4.74 Å². The van der Waals surface area contributed by atoms with Crippen molar-refractivity contribution >= 4 is 16.9 Å². The highest BCUT2D eigenvalue weighted by Crippen LogP contribution is 2.27. The number of esters is 1. The van der Waals surface area contributed by atoms with Gasteiger partial charge >= 0.3 is 5.97 Å². The molecule has 0 fully saturated rings. The Morgan fingerprint density at radius 3 is 2.90 bits per heavy atom. The van der Waals surface area contributed by atoms with Crippen LogP contribution in [0.4, 0.5) is 0 Å². The summed E-state index contributed by atoms with van der Waals surface area (Å²) in [6.07, 6.45) is 3.72. The zero-order chi connectivity index (χ0) is 14.4. The average molecular weight is 273 g/mol. The molecule has 0 atom stereocenters. The number of aryl methyl sites for hydroxylation is 1. The Balaban J connectivity index is 2.30. The standard InChI is InChI=1S/C16H19NO3/c1-3-11-20-14-8-6-12(7-9-15(18)19-2)13-5-4-10-17-16(13)14/h4-6,8,10H,3,7,9,11H2,1-2H3. The number of ether oxygens (including phenoxy) is 2. The summed E-state index contributed by atoms with van der Waals surface area (Å²) in [5.41, 5.74) is 1.94. The number of rotatable bonds is 6. The predicted octanol–water partition coefficient (Wildman–Crippen LogP) is 3.13. The van der Waals surface area contributed by atoms with Gasteiger partial charge in [-0.2, -0.15) is 0 Å². The van der Waals surface area contributed by atoms with Crippen LogP contribution in [0, 0.1) is 0 Å². The largest absolute Gasteiger partial charge is 0.491 e. The molecule has 0 radical (unpaired) electrons. The Morgan fingerprint density at radius 2 is 2.15 bits per heavy atom. The fourth-order valence-corrected chi connectivity index (χ4v) is 2.09. The number of carbonyl (C=O) groups excluding carboxylic acids is 1. The SMILES string of the molecule is CCCOc1ccc(CCC(=O)OC)c2cccnc12. The van der Waals surface area contributed by atoms with Gasteiger partial charge in [0.1, 0.15) is 11.3 Å². The third-order valence-corrected chi connectivity index (χ3v) is 3.11. The van der Waals surface area contributed by atoms with Crippen LogP contribution in [0.25, 0.3) is 10.9 Å². The van der Waals surface area contributed by atoms with Crippen molar-refractivity contribution in [1.29, 1.82) is 0 Å². The highest BCUT2D eigenvalue weighted by molar-refractivity contribution is 5.87. The number of fused-ring (bicyclic) bond motifs is 1. The maximum absolute atomic E-state index is 11.3. The van der Waals surface area contributed by atoms with Gasteiger partial charge in [-0.1, -0.05) is 19.1 Å². The summed E-state index contributed by atoms with van der Waals surface area (Å²) in [6.45, 7) is 2.74. The second-order valence-electron chi connectivity index (χ2n) is 4.55. The first-order chi connectivity index (χ1) is 9.76. The van der Waals surface area contributed by atoms with Crippen molar-refractivity contribution in [3.8, 4) is 5.75 Å². The lowest BCUT2D eigenvalue weighted by atomic mass is 10.0. The van der Waals surface area contributed by atoms with Crippen molar-refractivity contribution in [2.75, 3.05) is 13.7 Å². The van der Waals surface area contributed by atoms with E-state index in [0.717, 1.165) is 28.6 Å². The maximum Gasteiger partial charge on any atom is 0.305 e. The number of methoxy groups -OCH3 is 1. The van der Waals surface area contributed by atoms with Gasteiger partial charge < -0.3 is 9.47 Å². The lowest BCUT2D eigenvalue weighted by molar-refractivity contribution is -0.140. The van der Waals surface area contributed by atoms with E-state index in [0.29, 0.717) is 19.4 Å². The molecular weight excluding hydrogens is 254 g/mol. The van der Waals surface area contributed by atoms with Crippen molar-refractivity contribution < 1.29 is 14.3 Å². The molecule has 0 aliphatic rings. The Kier molecular flexibility index (Phi) is 4.93.